The second kappa shape index (κ2) is 12.2. The molecule has 11 heteroatoms. The average Bonchev–Trinajstić information content (AvgIpc) is 2.68. The number of hydrogen-bond acceptors (Lipinski definition) is 6. The number of ether oxygens (including phenoxy) is 1. The van der Waals surface area contributed by atoms with E-state index in [1.54, 1.807) is 51.1 Å². The fraction of sp³-hybridized carbons (Fsp3) is 0.450. The van der Waals surface area contributed by atoms with Gasteiger partial charge in [-0.05, 0) is 26.3 Å². The maximum Gasteiger partial charge on any atom is 0.408 e. The number of carboxylic acids is 1. The van der Waals surface area contributed by atoms with Crippen LogP contribution in [0.1, 0.15) is 26.3 Å². The van der Waals surface area contributed by atoms with Crippen LogP contribution in [0.4, 0.5) is 4.79 Å². The topological polar surface area (TPSA) is 163 Å². The SMILES string of the molecule is CC(C)(C)OC(=O)NCC(=O)NCC(=O)NCC(=O)N[C@@H](Cc1ccccc1)C(=O)O. The summed E-state index contributed by atoms with van der Waals surface area (Å²) in [5, 5.41) is 18.4. The van der Waals surface area contributed by atoms with Crippen LogP contribution in [0.25, 0.3) is 0 Å². The van der Waals surface area contributed by atoms with E-state index >= 15 is 0 Å². The van der Waals surface area contributed by atoms with Crippen molar-refractivity contribution < 1.29 is 33.8 Å². The van der Waals surface area contributed by atoms with Gasteiger partial charge in [0.2, 0.25) is 17.7 Å². The molecule has 1 atom stereocenters. The van der Waals surface area contributed by atoms with E-state index in [-0.39, 0.29) is 13.0 Å². The summed E-state index contributed by atoms with van der Waals surface area (Å²) in [6.07, 6.45) is -0.677. The summed E-state index contributed by atoms with van der Waals surface area (Å²) in [5.74, 6) is -3.17. The summed E-state index contributed by atoms with van der Waals surface area (Å²) in [5.41, 5.74) is 0.0313. The summed E-state index contributed by atoms with van der Waals surface area (Å²) < 4.78 is 4.97. The van der Waals surface area contributed by atoms with Gasteiger partial charge in [-0.3, -0.25) is 14.4 Å². The Hall–Kier alpha value is -3.63. The van der Waals surface area contributed by atoms with Crippen LogP contribution < -0.4 is 21.3 Å². The molecule has 1 rings (SSSR count). The Kier molecular flexibility index (Phi) is 9.96. The van der Waals surface area contributed by atoms with Gasteiger partial charge in [0.1, 0.15) is 18.2 Å². The van der Waals surface area contributed by atoms with E-state index in [1.807, 2.05) is 0 Å². The molecule has 0 bridgehead atoms. The van der Waals surface area contributed by atoms with Gasteiger partial charge in [0.05, 0.1) is 13.1 Å². The molecule has 4 amide bonds. The molecule has 0 aliphatic rings. The Labute approximate surface area is 179 Å². The molecular weight excluding hydrogens is 408 g/mol. The summed E-state index contributed by atoms with van der Waals surface area (Å²) in [6, 6.07) is 7.64. The summed E-state index contributed by atoms with van der Waals surface area (Å²) >= 11 is 0. The molecule has 1 aromatic rings. The molecular formula is C20H28N4O7. The van der Waals surface area contributed by atoms with Crippen LogP contribution in [-0.4, -0.2) is 66.2 Å². The van der Waals surface area contributed by atoms with Gasteiger partial charge in [-0.1, -0.05) is 30.3 Å². The largest absolute Gasteiger partial charge is 0.480 e. The number of aliphatic carboxylic acids is 1. The molecule has 0 unspecified atom stereocenters. The van der Waals surface area contributed by atoms with Crippen molar-refractivity contribution in [3.05, 3.63) is 35.9 Å². The molecule has 170 valence electrons. The predicted octanol–water partition coefficient (Wildman–Crippen LogP) is -0.444. The molecule has 0 fully saturated rings. The number of amides is 4. The van der Waals surface area contributed by atoms with Crippen LogP contribution in [0.2, 0.25) is 0 Å². The van der Waals surface area contributed by atoms with Crippen LogP contribution in [0.5, 0.6) is 0 Å². The van der Waals surface area contributed by atoms with Gasteiger partial charge in [0.25, 0.3) is 0 Å². The molecule has 11 nitrogen and oxygen atoms in total. The highest BCUT2D eigenvalue weighted by Crippen LogP contribution is 2.06. The standard InChI is InChI=1S/C20H28N4O7/c1-20(2,3)31-19(30)23-11-16(26)21-10-15(25)22-12-17(27)24-14(18(28)29)9-13-7-5-4-6-8-13/h4-8,14H,9-12H2,1-3H3,(H,21,26)(H,22,25)(H,23,30)(H,24,27)(H,28,29)/t14-/m0/s1. The first kappa shape index (κ1) is 25.4. The highest BCUT2D eigenvalue weighted by atomic mass is 16.6. The van der Waals surface area contributed by atoms with Gasteiger partial charge in [-0.25, -0.2) is 9.59 Å². The fourth-order valence-corrected chi connectivity index (χ4v) is 2.24. The zero-order valence-corrected chi connectivity index (χ0v) is 17.7. The third-order valence-electron chi connectivity index (χ3n) is 3.60. The van der Waals surface area contributed by atoms with Crippen molar-refractivity contribution in [1.82, 2.24) is 21.3 Å². The van der Waals surface area contributed by atoms with Gasteiger partial charge in [-0.2, -0.15) is 0 Å². The Bertz CT molecular complexity index is 790. The lowest BCUT2D eigenvalue weighted by atomic mass is 10.1. The minimum Gasteiger partial charge on any atom is -0.480 e. The quantitative estimate of drug-likeness (QED) is 0.332. The van der Waals surface area contributed by atoms with E-state index < -0.39 is 54.5 Å². The number of rotatable bonds is 10. The first-order valence-electron chi connectivity index (χ1n) is 9.52. The molecule has 31 heavy (non-hydrogen) atoms. The highest BCUT2D eigenvalue weighted by Gasteiger charge is 2.21. The van der Waals surface area contributed by atoms with Crippen molar-refractivity contribution in [3.63, 3.8) is 0 Å². The van der Waals surface area contributed by atoms with Crippen LogP contribution >= 0.6 is 0 Å². The van der Waals surface area contributed by atoms with Gasteiger partial charge in [0, 0.05) is 6.42 Å². The Morgan fingerprint density at radius 1 is 0.871 bits per heavy atom. The van der Waals surface area contributed by atoms with Gasteiger partial charge in [-0.15, -0.1) is 0 Å². The van der Waals surface area contributed by atoms with Crippen LogP contribution in [-0.2, 0) is 30.3 Å². The number of carboxylic acid groups (broad SMARTS) is 1. The third-order valence-corrected chi connectivity index (χ3v) is 3.60. The zero-order valence-electron chi connectivity index (χ0n) is 17.7. The first-order valence-corrected chi connectivity index (χ1v) is 9.52. The number of alkyl carbamates (subject to hydrolysis) is 1. The van der Waals surface area contributed by atoms with Crippen molar-refractivity contribution in [1.29, 1.82) is 0 Å². The number of carbonyl (C=O) groups excluding carboxylic acids is 4. The Morgan fingerprint density at radius 3 is 1.90 bits per heavy atom. The smallest absolute Gasteiger partial charge is 0.408 e. The molecule has 0 radical (unpaired) electrons. The monoisotopic (exact) mass is 436 g/mol. The Morgan fingerprint density at radius 2 is 1.39 bits per heavy atom. The molecule has 0 heterocycles. The first-order chi connectivity index (χ1) is 14.5. The van der Waals surface area contributed by atoms with Gasteiger partial charge in [0.15, 0.2) is 0 Å². The van der Waals surface area contributed by atoms with Crippen molar-refractivity contribution >= 4 is 29.8 Å². The lowest BCUT2D eigenvalue weighted by Crippen LogP contribution is -2.48. The van der Waals surface area contributed by atoms with E-state index in [0.29, 0.717) is 0 Å². The molecule has 0 saturated heterocycles. The minimum atomic E-state index is -1.20. The molecule has 0 aliphatic heterocycles. The average molecular weight is 436 g/mol. The highest BCUT2D eigenvalue weighted by molar-refractivity contribution is 5.90. The van der Waals surface area contributed by atoms with E-state index in [0.717, 1.165) is 5.56 Å². The second-order valence-corrected chi connectivity index (χ2v) is 7.56. The van der Waals surface area contributed by atoms with Crippen molar-refractivity contribution in [2.24, 2.45) is 0 Å². The number of hydrogen-bond donors (Lipinski definition) is 5. The normalized spacial score (nSPS) is 11.6. The summed E-state index contributed by atoms with van der Waals surface area (Å²) in [4.78, 5) is 58.1. The number of benzene rings is 1. The maximum atomic E-state index is 11.9. The van der Waals surface area contributed by atoms with E-state index in [1.165, 1.54) is 0 Å². The Balaban J connectivity index is 2.31. The number of nitrogens with one attached hydrogen (secondary N) is 4. The molecule has 0 spiro atoms. The fourth-order valence-electron chi connectivity index (χ4n) is 2.24. The molecule has 1 aromatic carbocycles. The molecule has 0 saturated carbocycles. The second-order valence-electron chi connectivity index (χ2n) is 7.56. The lowest BCUT2D eigenvalue weighted by Gasteiger charge is -2.19. The van der Waals surface area contributed by atoms with E-state index in [9.17, 15) is 29.1 Å². The molecule has 5 N–H and O–H groups in total. The van der Waals surface area contributed by atoms with Gasteiger partial charge >= 0.3 is 12.1 Å². The van der Waals surface area contributed by atoms with Gasteiger partial charge < -0.3 is 31.1 Å². The van der Waals surface area contributed by atoms with Crippen molar-refractivity contribution in [2.75, 3.05) is 19.6 Å². The van der Waals surface area contributed by atoms with Crippen LogP contribution in [0.3, 0.4) is 0 Å². The predicted molar refractivity (Wildman–Crippen MR) is 110 cm³/mol. The number of carbonyl (C=O) groups is 5. The molecule has 0 aliphatic carbocycles. The van der Waals surface area contributed by atoms with Crippen molar-refractivity contribution in [3.8, 4) is 0 Å². The van der Waals surface area contributed by atoms with E-state index in [2.05, 4.69) is 21.3 Å². The maximum absolute atomic E-state index is 11.9. The summed E-state index contributed by atoms with van der Waals surface area (Å²) in [6.45, 7) is 3.76. The van der Waals surface area contributed by atoms with Crippen molar-refractivity contribution in [2.45, 2.75) is 38.8 Å². The molecule has 0 aromatic heterocycles. The zero-order chi connectivity index (χ0) is 23.4. The van der Waals surface area contributed by atoms with Crippen LogP contribution in [0, 0.1) is 0 Å². The summed E-state index contributed by atoms with van der Waals surface area (Å²) in [7, 11) is 0. The third kappa shape index (κ3) is 11.8. The minimum absolute atomic E-state index is 0.0938. The van der Waals surface area contributed by atoms with E-state index in [4.69, 9.17) is 4.74 Å². The van der Waals surface area contributed by atoms with Crippen LogP contribution in [0.15, 0.2) is 30.3 Å². The lowest BCUT2D eigenvalue weighted by molar-refractivity contribution is -0.141.